The number of para-hydroxylation sites is 6. The number of hydrogen-bond donors (Lipinski definition) is 0. The second kappa shape index (κ2) is 14.0. The van der Waals surface area contributed by atoms with E-state index >= 15 is 0 Å². The van der Waals surface area contributed by atoms with Crippen molar-refractivity contribution in [3.63, 3.8) is 0 Å². The predicted octanol–water partition coefficient (Wildman–Crippen LogP) is 13.1. The third kappa shape index (κ3) is 4.96. The maximum atomic E-state index is 7.29. The number of rotatable bonds is 2. The van der Waals surface area contributed by atoms with Crippen molar-refractivity contribution in [3.05, 3.63) is 206 Å². The fourth-order valence-corrected chi connectivity index (χ4v) is 13.7. The van der Waals surface area contributed by atoms with E-state index in [1.54, 1.807) is 0 Å². The average molecular weight is 973 g/mol. The van der Waals surface area contributed by atoms with Gasteiger partial charge in [0.2, 0.25) is 0 Å². The van der Waals surface area contributed by atoms with Gasteiger partial charge in [-0.05, 0) is 82.5 Å². The van der Waals surface area contributed by atoms with E-state index in [2.05, 4.69) is 179 Å². The Balaban J connectivity index is 0.834. The molecule has 4 aromatic heterocycles. The molecule has 0 fully saturated rings. The molecular weight excluding hydrogens is 938 g/mol. The Morgan fingerprint density at radius 2 is 0.671 bits per heavy atom. The van der Waals surface area contributed by atoms with Crippen molar-refractivity contribution in [1.82, 2.24) is 9.13 Å². The Kier molecular flexibility index (Phi) is 7.25. The molecule has 11 aromatic carbocycles. The van der Waals surface area contributed by atoms with Crippen molar-refractivity contribution in [1.29, 1.82) is 0 Å². The summed E-state index contributed by atoms with van der Waals surface area (Å²) in [5, 5.41) is 8.86. The van der Waals surface area contributed by atoms with Crippen LogP contribution in [-0.2, 0) is 0 Å². The molecule has 76 heavy (non-hydrogen) atoms. The monoisotopic (exact) mass is 972 g/mol. The fourth-order valence-electron chi connectivity index (χ4n) is 13.7. The molecule has 0 radical (unpaired) electrons. The van der Waals surface area contributed by atoms with Crippen LogP contribution in [0.4, 0.5) is 0 Å². The van der Waals surface area contributed by atoms with Crippen LogP contribution in [0.2, 0.25) is 0 Å². The number of ether oxygens (including phenoxy) is 4. The highest BCUT2D eigenvalue weighted by atomic mass is 16.5. The Morgan fingerprint density at radius 3 is 1.14 bits per heavy atom. The van der Waals surface area contributed by atoms with Crippen molar-refractivity contribution < 1.29 is 27.8 Å². The molecule has 19 rings (SSSR count). The molecule has 0 unspecified atom stereocenters. The number of hydrogen-bond acceptors (Lipinski definition) is 6. The highest BCUT2D eigenvalue weighted by Crippen LogP contribution is 2.47. The number of furan rings is 2. The van der Waals surface area contributed by atoms with Crippen LogP contribution in [-0.4, -0.2) is 22.6 Å². The normalized spacial score (nSPS) is 13.6. The predicted molar refractivity (Wildman–Crippen MR) is 305 cm³/mol. The van der Waals surface area contributed by atoms with E-state index in [0.717, 1.165) is 178 Å². The third-order valence-electron chi connectivity index (χ3n) is 16.7. The smallest absolute Gasteiger partial charge is 0.260 e. The number of fused-ring (bicyclic) bond motifs is 22. The molecule has 0 saturated carbocycles. The van der Waals surface area contributed by atoms with Gasteiger partial charge in [0.1, 0.15) is 68.3 Å². The second-order valence-corrected chi connectivity index (χ2v) is 20.6. The molecule has 0 spiro atoms. The molecule has 4 aliphatic heterocycles. The van der Waals surface area contributed by atoms with Crippen LogP contribution in [0, 0.1) is 0 Å². The van der Waals surface area contributed by atoms with Crippen LogP contribution in [0.15, 0.2) is 215 Å². The lowest BCUT2D eigenvalue weighted by molar-refractivity contribution is 0.451. The molecule has 350 valence electrons. The van der Waals surface area contributed by atoms with E-state index in [4.69, 9.17) is 27.8 Å². The lowest BCUT2D eigenvalue weighted by atomic mass is 9.31. The van der Waals surface area contributed by atoms with Gasteiger partial charge in [-0.15, -0.1) is 0 Å². The Labute approximate surface area is 432 Å². The van der Waals surface area contributed by atoms with Gasteiger partial charge in [0.05, 0.1) is 44.2 Å². The molecule has 15 aromatic rings. The van der Waals surface area contributed by atoms with Gasteiger partial charge < -0.3 is 36.9 Å². The quantitative estimate of drug-likeness (QED) is 0.161. The van der Waals surface area contributed by atoms with E-state index in [1.807, 2.05) is 36.4 Å². The zero-order valence-electron chi connectivity index (χ0n) is 40.1. The van der Waals surface area contributed by atoms with Crippen molar-refractivity contribution >= 4 is 134 Å². The molecular formula is C66H34B2N2O6. The minimum atomic E-state index is -0.190. The minimum absolute atomic E-state index is 0.190. The molecule has 0 atom stereocenters. The zero-order chi connectivity index (χ0) is 49.1. The molecule has 0 aliphatic carbocycles. The highest BCUT2D eigenvalue weighted by molar-refractivity contribution is 7.01. The van der Waals surface area contributed by atoms with Crippen LogP contribution in [0.5, 0.6) is 46.0 Å². The largest absolute Gasteiger partial charge is 0.458 e. The summed E-state index contributed by atoms with van der Waals surface area (Å²) in [6, 6.07) is 72.4. The van der Waals surface area contributed by atoms with Gasteiger partial charge >= 0.3 is 0 Å². The average Bonchev–Trinajstić information content (AvgIpc) is 4.28. The summed E-state index contributed by atoms with van der Waals surface area (Å²) >= 11 is 0. The van der Waals surface area contributed by atoms with Crippen LogP contribution >= 0.6 is 0 Å². The molecule has 8 nitrogen and oxygen atoms in total. The van der Waals surface area contributed by atoms with E-state index in [9.17, 15) is 0 Å². The van der Waals surface area contributed by atoms with Gasteiger partial charge in [-0.1, -0.05) is 115 Å². The van der Waals surface area contributed by atoms with Gasteiger partial charge in [-0.2, -0.15) is 0 Å². The zero-order valence-corrected chi connectivity index (χ0v) is 40.1. The summed E-state index contributed by atoms with van der Waals surface area (Å²) < 4.78 is 46.3. The van der Waals surface area contributed by atoms with Crippen molar-refractivity contribution in [2.45, 2.75) is 0 Å². The maximum Gasteiger partial charge on any atom is 0.260 e. The number of aromatic nitrogens is 2. The summed E-state index contributed by atoms with van der Waals surface area (Å²) in [6.07, 6.45) is 0. The lowest BCUT2D eigenvalue weighted by Crippen LogP contribution is -2.61. The molecule has 8 heterocycles. The van der Waals surface area contributed by atoms with Crippen LogP contribution in [0.1, 0.15) is 0 Å². The van der Waals surface area contributed by atoms with Crippen LogP contribution in [0.3, 0.4) is 0 Å². The lowest BCUT2D eigenvalue weighted by Gasteiger charge is -2.37. The summed E-state index contributed by atoms with van der Waals surface area (Å²) in [7, 11) is 0. The second-order valence-electron chi connectivity index (χ2n) is 20.6. The van der Waals surface area contributed by atoms with Crippen molar-refractivity contribution in [3.8, 4) is 57.4 Å². The number of nitrogens with zero attached hydrogens (tertiary/aromatic N) is 2. The number of benzene rings is 11. The molecule has 4 aliphatic rings. The summed E-state index contributed by atoms with van der Waals surface area (Å²) in [5.41, 5.74) is 15.8. The van der Waals surface area contributed by atoms with E-state index in [0.29, 0.717) is 0 Å². The minimum Gasteiger partial charge on any atom is -0.458 e. The standard InChI is InChI=1S/C66H34B2N2O6/c1-7-19-47-37(13-1)39-25-27-53-61(41-15-3-9-21-49(41)71-53)65(39)69(47)35-29-57-63-59(31-35)75-55-34-56-46(33-45(55)67(63)43-17-5-11-23-51(43)73-57)68-44-18-6-12-24-52(44)74-58-30-36(32-60(76-56)64(58)68)70-48-20-8-2-14-38(48)40-26-28-54-62(66(40)70)42-16-4-10-22-50(42)72-54/h1-34H. The highest BCUT2D eigenvalue weighted by Gasteiger charge is 2.46. The fraction of sp³-hybridized carbons (Fsp3) is 0. The van der Waals surface area contributed by atoms with E-state index in [-0.39, 0.29) is 13.4 Å². The first-order chi connectivity index (χ1) is 37.7. The van der Waals surface area contributed by atoms with E-state index < -0.39 is 0 Å². The maximum absolute atomic E-state index is 7.29. The first-order valence-electron chi connectivity index (χ1n) is 25.8. The molecule has 0 N–H and O–H groups in total. The molecule has 0 bridgehead atoms. The summed E-state index contributed by atoms with van der Waals surface area (Å²) in [6.45, 7) is -0.379. The summed E-state index contributed by atoms with van der Waals surface area (Å²) in [4.78, 5) is 0. The SMILES string of the molecule is c1ccc2c(c1)Oc1cc(-n3c4ccccc4c4ccc5oc6ccccc6c5c43)cc3c1B2c1cc2c(cc1O3)Oc1cc(-n3c4ccccc4c4ccc5oc6ccccc6c5c43)cc3c1B2c1ccccc1O3. The van der Waals surface area contributed by atoms with Crippen LogP contribution in [0.25, 0.3) is 98.9 Å². The molecule has 10 heteroatoms. The van der Waals surface area contributed by atoms with Crippen molar-refractivity contribution in [2.24, 2.45) is 0 Å². The Hall–Kier alpha value is -10.1. The van der Waals surface area contributed by atoms with Gasteiger partial charge in [0.15, 0.2) is 0 Å². The van der Waals surface area contributed by atoms with Gasteiger partial charge in [-0.25, -0.2) is 0 Å². The van der Waals surface area contributed by atoms with Gasteiger partial charge in [0.25, 0.3) is 13.4 Å². The molecule has 0 saturated heterocycles. The first kappa shape index (κ1) is 39.5. The van der Waals surface area contributed by atoms with Crippen molar-refractivity contribution in [2.75, 3.05) is 0 Å². The van der Waals surface area contributed by atoms with Crippen LogP contribution < -0.4 is 51.7 Å². The third-order valence-corrected chi connectivity index (χ3v) is 16.7. The topological polar surface area (TPSA) is 73.1 Å². The summed E-state index contributed by atoms with van der Waals surface area (Å²) in [5.74, 6) is 6.08. The van der Waals surface area contributed by atoms with Gasteiger partial charge in [0, 0.05) is 73.6 Å². The molecule has 0 amide bonds. The Bertz CT molecular complexity index is 4860. The van der Waals surface area contributed by atoms with E-state index in [1.165, 1.54) is 0 Å². The Morgan fingerprint density at radius 1 is 0.276 bits per heavy atom. The van der Waals surface area contributed by atoms with Gasteiger partial charge in [-0.3, -0.25) is 0 Å². The first-order valence-corrected chi connectivity index (χ1v) is 25.8.